The summed E-state index contributed by atoms with van der Waals surface area (Å²) < 4.78 is 2.15. The highest BCUT2D eigenvalue weighted by Gasteiger charge is 2.25. The van der Waals surface area contributed by atoms with Gasteiger partial charge in [-0.05, 0) is 49.4 Å². The first-order valence-corrected chi connectivity index (χ1v) is 9.34. The van der Waals surface area contributed by atoms with Crippen LogP contribution in [0.5, 0.6) is 0 Å². The van der Waals surface area contributed by atoms with E-state index >= 15 is 0 Å². The summed E-state index contributed by atoms with van der Waals surface area (Å²) in [5.41, 5.74) is 2.49. The second-order valence-corrected chi connectivity index (χ2v) is 7.27. The zero-order valence-corrected chi connectivity index (χ0v) is 14.8. The predicted octanol–water partition coefficient (Wildman–Crippen LogP) is 3.85. The molecule has 0 unspecified atom stereocenters. The average molecular weight is 344 g/mol. The van der Waals surface area contributed by atoms with Crippen LogP contribution in [0.25, 0.3) is 5.57 Å². The number of rotatable bonds is 7. The number of carboxylic acid groups (broad SMARTS) is 1. The first-order valence-electron chi connectivity index (χ1n) is 8.46. The van der Waals surface area contributed by atoms with Crippen molar-refractivity contribution in [1.29, 1.82) is 0 Å². The molecule has 1 fully saturated rings. The van der Waals surface area contributed by atoms with E-state index in [4.69, 9.17) is 5.11 Å². The third-order valence-corrected chi connectivity index (χ3v) is 5.58. The van der Waals surface area contributed by atoms with Gasteiger partial charge < -0.3 is 9.67 Å². The molecule has 24 heavy (non-hydrogen) atoms. The number of nitrogens with zero attached hydrogens (tertiary/aromatic N) is 2. The molecule has 0 spiro atoms. The predicted molar refractivity (Wildman–Crippen MR) is 98.3 cm³/mol. The Morgan fingerprint density at radius 2 is 2.29 bits per heavy atom. The van der Waals surface area contributed by atoms with E-state index in [1.165, 1.54) is 16.1 Å². The molecule has 0 amide bonds. The van der Waals surface area contributed by atoms with Crippen LogP contribution in [-0.4, -0.2) is 39.7 Å². The number of aromatic nitrogens is 1. The Morgan fingerprint density at radius 3 is 2.96 bits per heavy atom. The van der Waals surface area contributed by atoms with E-state index in [-0.39, 0.29) is 12.5 Å². The number of hydrogen-bond acceptors (Lipinski definition) is 3. The second-order valence-electron chi connectivity index (χ2n) is 6.32. The second kappa shape index (κ2) is 7.81. The molecule has 1 saturated heterocycles. The van der Waals surface area contributed by atoms with E-state index in [0.717, 1.165) is 32.4 Å². The van der Waals surface area contributed by atoms with Gasteiger partial charge in [-0.1, -0.05) is 12.1 Å². The van der Waals surface area contributed by atoms with Crippen LogP contribution < -0.4 is 0 Å². The fourth-order valence-electron chi connectivity index (χ4n) is 3.50. The molecule has 4 nitrogen and oxygen atoms in total. The van der Waals surface area contributed by atoms with E-state index < -0.39 is 5.97 Å². The monoisotopic (exact) mass is 344 g/mol. The number of aryl methyl sites for hydroxylation is 1. The van der Waals surface area contributed by atoms with Gasteiger partial charge in [0.25, 0.3) is 0 Å². The van der Waals surface area contributed by atoms with Crippen LogP contribution >= 0.6 is 11.3 Å². The number of carboxylic acids is 1. The van der Waals surface area contributed by atoms with Gasteiger partial charge in [-0.3, -0.25) is 9.69 Å². The Kier molecular flexibility index (Phi) is 5.53. The van der Waals surface area contributed by atoms with Gasteiger partial charge in [-0.25, -0.2) is 0 Å². The molecule has 0 aliphatic carbocycles. The Morgan fingerprint density at radius 1 is 1.42 bits per heavy atom. The van der Waals surface area contributed by atoms with Crippen LogP contribution in [0.15, 0.2) is 41.9 Å². The molecular weight excluding hydrogens is 320 g/mol. The smallest absolute Gasteiger partial charge is 0.304 e. The molecule has 0 aromatic carbocycles. The van der Waals surface area contributed by atoms with Crippen LogP contribution in [0.3, 0.4) is 0 Å². The van der Waals surface area contributed by atoms with Gasteiger partial charge in [0.05, 0.1) is 6.42 Å². The molecule has 1 atom stereocenters. The molecular formula is C19H24N2O2S. The summed E-state index contributed by atoms with van der Waals surface area (Å²) in [4.78, 5) is 14.6. The van der Waals surface area contributed by atoms with Crippen molar-refractivity contribution in [2.24, 2.45) is 7.05 Å². The molecule has 128 valence electrons. The molecule has 1 N–H and O–H groups in total. The maximum atomic E-state index is 11.0. The quantitative estimate of drug-likeness (QED) is 0.830. The number of aliphatic carboxylic acids is 1. The van der Waals surface area contributed by atoms with Crippen molar-refractivity contribution in [3.05, 3.63) is 52.5 Å². The minimum Gasteiger partial charge on any atom is -0.481 e. The van der Waals surface area contributed by atoms with E-state index in [9.17, 15) is 4.79 Å². The van der Waals surface area contributed by atoms with Gasteiger partial charge in [-0.15, -0.1) is 11.3 Å². The highest BCUT2D eigenvalue weighted by Crippen LogP contribution is 2.28. The molecule has 1 aliphatic rings. The molecule has 2 aromatic heterocycles. The van der Waals surface area contributed by atoms with Crippen molar-refractivity contribution in [2.45, 2.75) is 31.7 Å². The average Bonchev–Trinajstić information content (AvgIpc) is 3.26. The number of hydrogen-bond donors (Lipinski definition) is 1. The number of thiophene rings is 1. The molecule has 0 bridgehead atoms. The van der Waals surface area contributed by atoms with Crippen LogP contribution in [0.2, 0.25) is 0 Å². The van der Waals surface area contributed by atoms with Crippen LogP contribution in [0, 0.1) is 0 Å². The Labute approximate surface area is 147 Å². The van der Waals surface area contributed by atoms with Crippen molar-refractivity contribution >= 4 is 22.9 Å². The van der Waals surface area contributed by atoms with Crippen LogP contribution in [-0.2, 0) is 11.8 Å². The van der Waals surface area contributed by atoms with Crippen molar-refractivity contribution < 1.29 is 9.90 Å². The van der Waals surface area contributed by atoms with Crippen molar-refractivity contribution in [3.63, 3.8) is 0 Å². The molecule has 0 saturated carbocycles. The summed E-state index contributed by atoms with van der Waals surface area (Å²) in [6.07, 6.45) is 7.69. The normalized spacial score (nSPS) is 19.0. The minimum absolute atomic E-state index is 0.205. The maximum absolute atomic E-state index is 11.0. The molecule has 5 heteroatoms. The molecule has 0 radical (unpaired) electrons. The van der Waals surface area contributed by atoms with Crippen LogP contribution in [0.1, 0.15) is 36.3 Å². The lowest BCUT2D eigenvalue weighted by molar-refractivity contribution is -0.138. The lowest BCUT2D eigenvalue weighted by Gasteiger charge is -2.22. The van der Waals surface area contributed by atoms with E-state index in [2.05, 4.69) is 58.4 Å². The lowest BCUT2D eigenvalue weighted by atomic mass is 10.1. The Hall–Kier alpha value is -1.85. The van der Waals surface area contributed by atoms with Gasteiger partial charge in [-0.2, -0.15) is 0 Å². The summed E-state index contributed by atoms with van der Waals surface area (Å²) in [6.45, 7) is 1.95. The van der Waals surface area contributed by atoms with Gasteiger partial charge in [0.1, 0.15) is 0 Å². The fourth-order valence-corrected chi connectivity index (χ4v) is 4.28. The molecule has 3 rings (SSSR count). The summed E-state index contributed by atoms with van der Waals surface area (Å²) in [5, 5.41) is 11.2. The van der Waals surface area contributed by atoms with Crippen molar-refractivity contribution in [3.8, 4) is 0 Å². The number of likely N-dealkylation sites (tertiary alicyclic amines) is 1. The van der Waals surface area contributed by atoms with Gasteiger partial charge in [0.15, 0.2) is 0 Å². The molecule has 2 aromatic rings. The highest BCUT2D eigenvalue weighted by molar-refractivity contribution is 7.11. The maximum Gasteiger partial charge on any atom is 0.304 e. The van der Waals surface area contributed by atoms with E-state index in [1.54, 1.807) is 11.3 Å². The third kappa shape index (κ3) is 3.97. The first kappa shape index (κ1) is 17.0. The van der Waals surface area contributed by atoms with Gasteiger partial charge >= 0.3 is 5.97 Å². The zero-order valence-electron chi connectivity index (χ0n) is 14.0. The van der Waals surface area contributed by atoms with Crippen molar-refractivity contribution in [2.75, 3.05) is 13.1 Å². The first-order chi connectivity index (χ1) is 11.6. The standard InChI is InChI=1S/C19H24N2O2S/c1-20-10-4-8-17(20)16(18-9-5-13-24-18)7-3-12-21-11-2-6-15(21)14-19(22)23/h4-5,7-10,13,15H,2-3,6,11-12,14H2,1H3,(H,22,23)/t15-/m0/s1. The minimum atomic E-state index is -0.689. The molecule has 3 heterocycles. The van der Waals surface area contributed by atoms with Crippen LogP contribution in [0.4, 0.5) is 0 Å². The lowest BCUT2D eigenvalue weighted by Crippen LogP contribution is -2.32. The molecule has 1 aliphatic heterocycles. The van der Waals surface area contributed by atoms with Gasteiger partial charge in [0.2, 0.25) is 0 Å². The summed E-state index contributed by atoms with van der Waals surface area (Å²) in [6, 6.07) is 8.66. The largest absolute Gasteiger partial charge is 0.481 e. The fraction of sp³-hybridized carbons (Fsp3) is 0.421. The Bertz CT molecular complexity index is 703. The third-order valence-electron chi connectivity index (χ3n) is 4.68. The summed E-state index contributed by atoms with van der Waals surface area (Å²) in [7, 11) is 2.07. The summed E-state index contributed by atoms with van der Waals surface area (Å²) in [5.74, 6) is -0.689. The van der Waals surface area contributed by atoms with E-state index in [0.29, 0.717) is 0 Å². The SMILES string of the molecule is Cn1cccc1C(=CCCN1CCC[C@H]1CC(=O)O)c1cccs1. The highest BCUT2D eigenvalue weighted by atomic mass is 32.1. The number of carbonyl (C=O) groups is 1. The summed E-state index contributed by atoms with van der Waals surface area (Å²) >= 11 is 1.76. The zero-order chi connectivity index (χ0) is 16.9. The van der Waals surface area contributed by atoms with Crippen molar-refractivity contribution in [1.82, 2.24) is 9.47 Å². The topological polar surface area (TPSA) is 45.5 Å². The van der Waals surface area contributed by atoms with Gasteiger partial charge in [0, 0.05) is 42.0 Å². The Balaban J connectivity index is 1.70. The van der Waals surface area contributed by atoms with E-state index in [1.807, 2.05) is 0 Å².